The Labute approximate surface area is 133 Å². The molecule has 2 aromatic heterocycles. The zero-order valence-corrected chi connectivity index (χ0v) is 12.5. The first kappa shape index (κ1) is 17.0. The summed E-state index contributed by atoms with van der Waals surface area (Å²) in [6.07, 6.45) is -0.350. The third-order valence-corrected chi connectivity index (χ3v) is 3.32. The molecule has 0 saturated heterocycles. The smallest absolute Gasteiger partial charge is 0.272 e. The number of alkyl halides is 3. The van der Waals surface area contributed by atoms with Crippen LogP contribution in [0.1, 0.15) is 5.69 Å². The van der Waals surface area contributed by atoms with E-state index in [1.54, 1.807) is 18.3 Å². The number of pyridine rings is 1. The van der Waals surface area contributed by atoms with Crippen LogP contribution in [0.2, 0.25) is 0 Å². The van der Waals surface area contributed by atoms with Gasteiger partial charge in [-0.05, 0) is 18.2 Å². The Morgan fingerprint density at radius 1 is 1.39 bits per heavy atom. The Bertz CT molecular complexity index is 672. The van der Waals surface area contributed by atoms with Crippen molar-refractivity contribution in [2.24, 2.45) is 5.10 Å². The first-order valence-corrected chi connectivity index (χ1v) is 7.37. The summed E-state index contributed by atoms with van der Waals surface area (Å²) in [5.41, 5.74) is 2.48. The first-order valence-electron chi connectivity index (χ1n) is 6.38. The van der Waals surface area contributed by atoms with Gasteiger partial charge in [0.1, 0.15) is 12.2 Å². The Balaban J connectivity index is 1.76. The number of aromatic nitrogens is 3. The zero-order valence-electron chi connectivity index (χ0n) is 11.7. The van der Waals surface area contributed by atoms with Gasteiger partial charge in [-0.2, -0.15) is 23.4 Å². The number of rotatable bonds is 6. The van der Waals surface area contributed by atoms with Gasteiger partial charge in [0.05, 0.1) is 17.0 Å². The highest BCUT2D eigenvalue weighted by molar-refractivity contribution is 7.99. The van der Waals surface area contributed by atoms with Crippen LogP contribution in [0.3, 0.4) is 0 Å². The summed E-state index contributed by atoms with van der Waals surface area (Å²) in [5, 5.41) is 8.02. The maximum Gasteiger partial charge on any atom is 0.408 e. The molecule has 0 aliphatic heterocycles. The topological polar surface area (TPSA) is 72.2 Å². The molecule has 6 nitrogen and oxygen atoms in total. The summed E-state index contributed by atoms with van der Waals surface area (Å²) in [5.74, 6) is -0.233. The Hall–Kier alpha value is -2.36. The van der Waals surface area contributed by atoms with E-state index in [4.69, 9.17) is 0 Å². The normalized spacial score (nSPS) is 11.8. The third kappa shape index (κ3) is 6.51. The van der Waals surface area contributed by atoms with Crippen LogP contribution in [0, 0.1) is 0 Å². The summed E-state index contributed by atoms with van der Waals surface area (Å²) in [7, 11) is 0. The van der Waals surface area contributed by atoms with Gasteiger partial charge in [-0.1, -0.05) is 17.8 Å². The fourth-order valence-electron chi connectivity index (χ4n) is 1.49. The molecular formula is C13H12F3N5OS. The number of hydrazone groups is 1. The van der Waals surface area contributed by atoms with Gasteiger partial charge in [0, 0.05) is 12.4 Å². The van der Waals surface area contributed by atoms with Crippen molar-refractivity contribution in [3.05, 3.63) is 42.4 Å². The molecule has 0 aromatic carbocycles. The summed E-state index contributed by atoms with van der Waals surface area (Å²) < 4.78 is 37.3. The van der Waals surface area contributed by atoms with E-state index in [2.05, 4.69) is 20.6 Å². The molecule has 0 bridgehead atoms. The zero-order chi connectivity index (χ0) is 16.7. The lowest BCUT2D eigenvalue weighted by molar-refractivity contribution is -0.142. The molecule has 1 N–H and O–H groups in total. The number of amides is 1. The molecule has 122 valence electrons. The molecule has 2 aromatic rings. The molecule has 0 radical (unpaired) electrons. The van der Waals surface area contributed by atoms with Crippen molar-refractivity contribution in [2.45, 2.75) is 17.7 Å². The van der Waals surface area contributed by atoms with Gasteiger partial charge in [0.2, 0.25) is 5.91 Å². The van der Waals surface area contributed by atoms with Gasteiger partial charge >= 0.3 is 6.18 Å². The van der Waals surface area contributed by atoms with Gasteiger partial charge in [0.25, 0.3) is 0 Å². The van der Waals surface area contributed by atoms with Crippen LogP contribution in [0.4, 0.5) is 13.2 Å². The standard InChI is InChI=1S/C13H12F3N5OS/c14-13(15,16)9-21-6-4-10(20-21)7-18-19-11(22)8-23-12-3-1-2-5-17-12/h1-7H,8-9H2,(H,19,22). The molecule has 0 saturated carbocycles. The van der Waals surface area contributed by atoms with Gasteiger partial charge in [0.15, 0.2) is 0 Å². The van der Waals surface area contributed by atoms with E-state index in [9.17, 15) is 18.0 Å². The van der Waals surface area contributed by atoms with Crippen LogP contribution >= 0.6 is 11.8 Å². The van der Waals surface area contributed by atoms with Crippen LogP contribution in [-0.2, 0) is 11.3 Å². The largest absolute Gasteiger partial charge is 0.408 e. The van der Waals surface area contributed by atoms with E-state index in [-0.39, 0.29) is 17.4 Å². The van der Waals surface area contributed by atoms with Crippen molar-refractivity contribution in [1.29, 1.82) is 0 Å². The molecule has 0 fully saturated rings. The van der Waals surface area contributed by atoms with E-state index >= 15 is 0 Å². The number of carbonyl (C=O) groups is 1. The van der Waals surface area contributed by atoms with Crippen molar-refractivity contribution in [3.8, 4) is 0 Å². The average Bonchev–Trinajstić information content (AvgIpc) is 2.91. The lowest BCUT2D eigenvalue weighted by atomic mass is 10.5. The van der Waals surface area contributed by atoms with E-state index in [0.717, 1.165) is 4.68 Å². The molecule has 0 atom stereocenters. The molecule has 0 aliphatic rings. The Morgan fingerprint density at radius 2 is 2.22 bits per heavy atom. The highest BCUT2D eigenvalue weighted by atomic mass is 32.2. The van der Waals surface area contributed by atoms with Crippen molar-refractivity contribution < 1.29 is 18.0 Å². The monoisotopic (exact) mass is 343 g/mol. The van der Waals surface area contributed by atoms with Gasteiger partial charge in [-0.3, -0.25) is 9.48 Å². The third-order valence-electron chi connectivity index (χ3n) is 2.38. The van der Waals surface area contributed by atoms with Crippen LogP contribution in [-0.4, -0.2) is 38.8 Å². The molecule has 0 aliphatic carbocycles. The summed E-state index contributed by atoms with van der Waals surface area (Å²) in [4.78, 5) is 15.6. The van der Waals surface area contributed by atoms with Crippen molar-refractivity contribution >= 4 is 23.9 Å². The average molecular weight is 343 g/mol. The quantitative estimate of drug-likeness (QED) is 0.495. The summed E-state index contributed by atoms with van der Waals surface area (Å²) >= 11 is 1.24. The summed E-state index contributed by atoms with van der Waals surface area (Å²) in [6, 6.07) is 6.72. The number of thioether (sulfide) groups is 1. The van der Waals surface area contributed by atoms with Gasteiger partial charge in [-0.15, -0.1) is 0 Å². The van der Waals surface area contributed by atoms with Crippen molar-refractivity contribution in [3.63, 3.8) is 0 Å². The van der Waals surface area contributed by atoms with Crippen LogP contribution in [0.15, 0.2) is 46.8 Å². The fourth-order valence-corrected chi connectivity index (χ4v) is 2.15. The van der Waals surface area contributed by atoms with Crippen LogP contribution in [0.5, 0.6) is 0 Å². The lowest BCUT2D eigenvalue weighted by Crippen LogP contribution is -2.20. The molecule has 1 amide bonds. The highest BCUT2D eigenvalue weighted by Gasteiger charge is 2.28. The minimum absolute atomic E-state index is 0.122. The second-order valence-electron chi connectivity index (χ2n) is 4.30. The number of halogens is 3. The molecule has 10 heteroatoms. The minimum atomic E-state index is -4.34. The SMILES string of the molecule is O=C(CSc1ccccn1)NN=Cc1ccn(CC(F)(F)F)n1. The molecule has 0 spiro atoms. The predicted octanol–water partition coefficient (Wildman–Crippen LogP) is 2.08. The lowest BCUT2D eigenvalue weighted by Gasteiger charge is -2.04. The van der Waals surface area contributed by atoms with Crippen LogP contribution < -0.4 is 5.43 Å². The van der Waals surface area contributed by atoms with E-state index < -0.39 is 12.7 Å². The Kier molecular flexibility index (Phi) is 5.74. The maximum absolute atomic E-state index is 12.2. The number of hydrogen-bond acceptors (Lipinski definition) is 5. The molecule has 23 heavy (non-hydrogen) atoms. The first-order chi connectivity index (χ1) is 10.9. The van der Waals surface area contributed by atoms with Crippen LogP contribution in [0.25, 0.3) is 0 Å². The second kappa shape index (κ2) is 7.77. The van der Waals surface area contributed by atoms with E-state index in [1.165, 1.54) is 30.2 Å². The van der Waals surface area contributed by atoms with Crippen molar-refractivity contribution in [2.75, 3.05) is 5.75 Å². The molecule has 2 rings (SSSR count). The highest BCUT2D eigenvalue weighted by Crippen LogP contribution is 2.16. The minimum Gasteiger partial charge on any atom is -0.272 e. The van der Waals surface area contributed by atoms with Gasteiger partial charge in [-0.25, -0.2) is 10.4 Å². The maximum atomic E-state index is 12.2. The summed E-state index contributed by atoms with van der Waals surface area (Å²) in [6.45, 7) is -1.17. The van der Waals surface area contributed by atoms with Crippen molar-refractivity contribution in [1.82, 2.24) is 20.2 Å². The number of nitrogens with zero attached hydrogens (tertiary/aromatic N) is 4. The van der Waals surface area contributed by atoms with E-state index in [1.807, 2.05) is 6.07 Å². The number of nitrogens with one attached hydrogen (secondary N) is 1. The predicted molar refractivity (Wildman–Crippen MR) is 79.0 cm³/mol. The molecule has 0 unspecified atom stereocenters. The Morgan fingerprint density at radius 3 is 2.91 bits per heavy atom. The number of hydrogen-bond donors (Lipinski definition) is 1. The molecular weight excluding hydrogens is 331 g/mol. The van der Waals surface area contributed by atoms with E-state index in [0.29, 0.717) is 5.03 Å². The number of carbonyl (C=O) groups excluding carboxylic acids is 1. The fraction of sp³-hybridized carbons (Fsp3) is 0.231. The second-order valence-corrected chi connectivity index (χ2v) is 5.30. The molecule has 2 heterocycles. The van der Waals surface area contributed by atoms with Gasteiger partial charge < -0.3 is 0 Å².